The summed E-state index contributed by atoms with van der Waals surface area (Å²) in [5, 5.41) is 6.21. The predicted molar refractivity (Wildman–Crippen MR) is 91.9 cm³/mol. The van der Waals surface area contributed by atoms with E-state index in [0.29, 0.717) is 19.5 Å². The van der Waals surface area contributed by atoms with Crippen LogP contribution in [0.25, 0.3) is 0 Å². The van der Waals surface area contributed by atoms with Gasteiger partial charge in [0.25, 0.3) is 0 Å². The molecule has 2 rings (SSSR count). The van der Waals surface area contributed by atoms with E-state index in [-0.39, 0.29) is 11.7 Å². The number of amides is 1. The van der Waals surface area contributed by atoms with Crippen LogP contribution >= 0.6 is 0 Å². The first-order valence-electron chi connectivity index (χ1n) is 7.93. The van der Waals surface area contributed by atoms with Crippen molar-refractivity contribution in [3.05, 3.63) is 65.0 Å². The summed E-state index contributed by atoms with van der Waals surface area (Å²) in [6, 6.07) is 12.4. The fourth-order valence-corrected chi connectivity index (χ4v) is 2.47. The molecule has 0 bridgehead atoms. The van der Waals surface area contributed by atoms with Crippen molar-refractivity contribution in [2.24, 2.45) is 0 Å². The molecule has 2 N–H and O–H groups in total. The van der Waals surface area contributed by atoms with E-state index in [1.54, 1.807) is 12.1 Å². The fourth-order valence-electron chi connectivity index (χ4n) is 2.47. The Morgan fingerprint density at radius 3 is 2.57 bits per heavy atom. The Morgan fingerprint density at radius 2 is 1.87 bits per heavy atom. The van der Waals surface area contributed by atoms with Crippen LogP contribution in [0.5, 0.6) is 0 Å². The Balaban J connectivity index is 1.78. The van der Waals surface area contributed by atoms with Gasteiger partial charge in [0.1, 0.15) is 5.82 Å². The van der Waals surface area contributed by atoms with Crippen molar-refractivity contribution < 1.29 is 9.18 Å². The van der Waals surface area contributed by atoms with E-state index in [2.05, 4.69) is 42.7 Å². The van der Waals surface area contributed by atoms with E-state index in [9.17, 15) is 9.18 Å². The average Bonchev–Trinajstić information content (AvgIpc) is 2.55. The summed E-state index contributed by atoms with van der Waals surface area (Å²) in [6.07, 6.45) is 1.36. The van der Waals surface area contributed by atoms with Gasteiger partial charge in [-0.25, -0.2) is 4.39 Å². The Morgan fingerprint density at radius 1 is 1.13 bits per heavy atom. The molecule has 0 saturated heterocycles. The summed E-state index contributed by atoms with van der Waals surface area (Å²) in [5.74, 6) is -0.289. The number of para-hydroxylation sites is 1. The summed E-state index contributed by atoms with van der Waals surface area (Å²) < 4.78 is 12.8. The van der Waals surface area contributed by atoms with Gasteiger partial charge in [-0.05, 0) is 42.2 Å². The van der Waals surface area contributed by atoms with Gasteiger partial charge in [-0.1, -0.05) is 37.3 Å². The van der Waals surface area contributed by atoms with Gasteiger partial charge in [-0.3, -0.25) is 4.79 Å². The summed E-state index contributed by atoms with van der Waals surface area (Å²) >= 11 is 0. The number of hydrogen-bond acceptors (Lipinski definition) is 2. The molecule has 0 saturated carbocycles. The fraction of sp³-hybridized carbons (Fsp3) is 0.316. The molecule has 4 heteroatoms. The zero-order valence-electron chi connectivity index (χ0n) is 13.7. The highest BCUT2D eigenvalue weighted by atomic mass is 19.1. The molecule has 0 aliphatic heterocycles. The molecule has 0 radical (unpaired) electrons. The van der Waals surface area contributed by atoms with Crippen molar-refractivity contribution in [1.29, 1.82) is 0 Å². The van der Waals surface area contributed by atoms with Crippen LogP contribution in [-0.4, -0.2) is 12.5 Å². The maximum Gasteiger partial charge on any atom is 0.222 e. The second-order valence-electron chi connectivity index (χ2n) is 5.54. The number of nitrogens with one attached hydrogen (secondary N) is 2. The molecule has 0 aliphatic carbocycles. The minimum Gasteiger partial charge on any atom is -0.384 e. The van der Waals surface area contributed by atoms with E-state index >= 15 is 0 Å². The smallest absolute Gasteiger partial charge is 0.222 e. The SMILES string of the molecule is CCc1cccc(C)c1NCCC(=O)NCc1ccc(F)cc1. The predicted octanol–water partition coefficient (Wildman–Crippen LogP) is 3.81. The number of rotatable bonds is 7. The van der Waals surface area contributed by atoms with Crippen LogP contribution in [0.2, 0.25) is 0 Å². The molecule has 2 aromatic rings. The van der Waals surface area contributed by atoms with Crippen molar-refractivity contribution in [2.45, 2.75) is 33.2 Å². The first-order valence-corrected chi connectivity index (χ1v) is 7.93. The van der Waals surface area contributed by atoms with Crippen LogP contribution in [0.15, 0.2) is 42.5 Å². The lowest BCUT2D eigenvalue weighted by atomic mass is 10.1. The maximum absolute atomic E-state index is 12.8. The third kappa shape index (κ3) is 5.09. The van der Waals surface area contributed by atoms with Crippen LogP contribution in [0.4, 0.5) is 10.1 Å². The van der Waals surface area contributed by atoms with Crippen LogP contribution in [0, 0.1) is 12.7 Å². The molecule has 0 aromatic heterocycles. The van der Waals surface area contributed by atoms with E-state index in [1.165, 1.54) is 23.3 Å². The first kappa shape index (κ1) is 17.0. The maximum atomic E-state index is 12.8. The molecule has 0 fully saturated rings. The molecule has 2 aromatic carbocycles. The zero-order valence-corrected chi connectivity index (χ0v) is 13.7. The van der Waals surface area contributed by atoms with Gasteiger partial charge in [-0.15, -0.1) is 0 Å². The molecule has 0 heterocycles. The van der Waals surface area contributed by atoms with Gasteiger partial charge in [0.2, 0.25) is 5.91 Å². The van der Waals surface area contributed by atoms with Crippen molar-refractivity contribution in [3.63, 3.8) is 0 Å². The molecule has 0 aliphatic rings. The normalized spacial score (nSPS) is 10.4. The minimum atomic E-state index is -0.269. The highest BCUT2D eigenvalue weighted by Crippen LogP contribution is 2.20. The van der Waals surface area contributed by atoms with Crippen molar-refractivity contribution in [2.75, 3.05) is 11.9 Å². The van der Waals surface area contributed by atoms with Crippen molar-refractivity contribution >= 4 is 11.6 Å². The third-order valence-corrected chi connectivity index (χ3v) is 3.80. The van der Waals surface area contributed by atoms with Crippen LogP contribution in [0.1, 0.15) is 30.0 Å². The molecular formula is C19H23FN2O. The standard InChI is InChI=1S/C19H23FN2O/c1-3-16-6-4-5-14(2)19(16)21-12-11-18(23)22-13-15-7-9-17(20)10-8-15/h4-10,21H,3,11-13H2,1-2H3,(H,22,23). The van der Waals surface area contributed by atoms with Gasteiger partial charge in [0.05, 0.1) is 0 Å². The summed E-state index contributed by atoms with van der Waals surface area (Å²) in [7, 11) is 0. The van der Waals surface area contributed by atoms with E-state index in [4.69, 9.17) is 0 Å². The van der Waals surface area contributed by atoms with Gasteiger partial charge >= 0.3 is 0 Å². The Labute approximate surface area is 136 Å². The number of benzene rings is 2. The Kier molecular flexibility index (Phi) is 6.15. The highest BCUT2D eigenvalue weighted by Gasteiger charge is 2.05. The Bertz CT molecular complexity index is 653. The van der Waals surface area contributed by atoms with Crippen LogP contribution in [0.3, 0.4) is 0 Å². The number of halogens is 1. The monoisotopic (exact) mass is 314 g/mol. The van der Waals surface area contributed by atoms with Gasteiger partial charge in [0.15, 0.2) is 0 Å². The second-order valence-corrected chi connectivity index (χ2v) is 5.54. The third-order valence-electron chi connectivity index (χ3n) is 3.80. The molecule has 0 spiro atoms. The van der Waals surface area contributed by atoms with Crippen LogP contribution < -0.4 is 10.6 Å². The number of carbonyl (C=O) groups is 1. The zero-order chi connectivity index (χ0) is 16.7. The largest absolute Gasteiger partial charge is 0.384 e. The van der Waals surface area contributed by atoms with Crippen molar-refractivity contribution in [3.8, 4) is 0 Å². The lowest BCUT2D eigenvalue weighted by Crippen LogP contribution is -2.25. The van der Waals surface area contributed by atoms with Crippen molar-refractivity contribution in [1.82, 2.24) is 5.32 Å². The summed E-state index contributed by atoms with van der Waals surface area (Å²) in [6.45, 7) is 5.20. The van der Waals surface area contributed by atoms with Gasteiger partial charge in [0, 0.05) is 25.2 Å². The molecule has 1 amide bonds. The Hall–Kier alpha value is -2.36. The second kappa shape index (κ2) is 8.32. The van der Waals surface area contributed by atoms with Crippen LogP contribution in [-0.2, 0) is 17.8 Å². The topological polar surface area (TPSA) is 41.1 Å². The van der Waals surface area contributed by atoms with Gasteiger partial charge < -0.3 is 10.6 Å². The molecular weight excluding hydrogens is 291 g/mol. The number of carbonyl (C=O) groups excluding carboxylic acids is 1. The molecule has 0 atom stereocenters. The molecule has 0 unspecified atom stereocenters. The number of hydrogen-bond donors (Lipinski definition) is 2. The molecule has 23 heavy (non-hydrogen) atoms. The first-order chi connectivity index (χ1) is 11.1. The van der Waals surface area contributed by atoms with Gasteiger partial charge in [-0.2, -0.15) is 0 Å². The number of anilines is 1. The van der Waals surface area contributed by atoms with E-state index < -0.39 is 0 Å². The molecule has 3 nitrogen and oxygen atoms in total. The molecule has 122 valence electrons. The highest BCUT2D eigenvalue weighted by molar-refractivity contribution is 5.76. The summed E-state index contributed by atoms with van der Waals surface area (Å²) in [4.78, 5) is 11.9. The number of aryl methyl sites for hydroxylation is 2. The average molecular weight is 314 g/mol. The lowest BCUT2D eigenvalue weighted by Gasteiger charge is -2.14. The quantitative estimate of drug-likeness (QED) is 0.816. The summed E-state index contributed by atoms with van der Waals surface area (Å²) in [5.41, 5.74) is 4.47. The van der Waals surface area contributed by atoms with E-state index in [0.717, 1.165) is 17.7 Å². The lowest BCUT2D eigenvalue weighted by molar-refractivity contribution is -0.121. The minimum absolute atomic E-state index is 0.0199. The van der Waals surface area contributed by atoms with E-state index in [1.807, 2.05) is 0 Å².